The minimum Gasteiger partial charge on any atom is -0.337 e. The number of nitrogens with zero attached hydrogens (tertiary/aromatic N) is 1. The Balaban J connectivity index is 2.27. The molecule has 1 aliphatic rings. The maximum Gasteiger partial charge on any atom is 0.259 e. The van der Waals surface area contributed by atoms with Crippen LogP contribution in [0.5, 0.6) is 0 Å². The number of likely N-dealkylation sites (tertiary alicyclic amines) is 1. The normalized spacial score (nSPS) is 19.6. The molecule has 19 heavy (non-hydrogen) atoms. The second-order valence-corrected chi connectivity index (χ2v) is 4.93. The van der Waals surface area contributed by atoms with Crippen molar-refractivity contribution in [1.29, 1.82) is 0 Å². The number of aryl methyl sites for hydroxylation is 1. The highest BCUT2D eigenvalue weighted by Gasteiger charge is 2.28. The monoisotopic (exact) mass is 268 g/mol. The summed E-state index contributed by atoms with van der Waals surface area (Å²) in [6.07, 6.45) is 1.81. The van der Waals surface area contributed by atoms with Crippen LogP contribution in [0.25, 0.3) is 0 Å². The lowest BCUT2D eigenvalue weighted by molar-refractivity contribution is 0.0688. The first-order valence-corrected chi connectivity index (χ1v) is 6.45. The van der Waals surface area contributed by atoms with Crippen LogP contribution in [0, 0.1) is 18.6 Å². The predicted octanol–water partition coefficient (Wildman–Crippen LogP) is 2.10. The van der Waals surface area contributed by atoms with Gasteiger partial charge in [-0.05, 0) is 38.4 Å². The molecular weight excluding hydrogens is 250 g/mol. The maximum atomic E-state index is 13.9. The summed E-state index contributed by atoms with van der Waals surface area (Å²) in [4.78, 5) is 13.8. The molecule has 1 aliphatic heterocycles. The summed E-state index contributed by atoms with van der Waals surface area (Å²) in [5.41, 5.74) is -0.149. The number of nitrogens with one attached hydrogen (secondary N) is 1. The second kappa shape index (κ2) is 5.65. The van der Waals surface area contributed by atoms with Gasteiger partial charge < -0.3 is 10.2 Å². The van der Waals surface area contributed by atoms with Gasteiger partial charge in [-0.15, -0.1) is 0 Å². The fourth-order valence-electron chi connectivity index (χ4n) is 2.41. The number of hydrogen-bond donors (Lipinski definition) is 1. The van der Waals surface area contributed by atoms with Crippen LogP contribution in [0.3, 0.4) is 0 Å². The lowest BCUT2D eigenvalue weighted by atomic mass is 10.0. The van der Waals surface area contributed by atoms with E-state index in [4.69, 9.17) is 0 Å². The summed E-state index contributed by atoms with van der Waals surface area (Å²) in [7, 11) is 1.83. The van der Waals surface area contributed by atoms with Crippen LogP contribution in [-0.4, -0.2) is 37.0 Å². The SMILES string of the molecule is CNC1CCCN(C(=O)c2c(F)ccc(C)c2F)C1. The third kappa shape index (κ3) is 2.76. The summed E-state index contributed by atoms with van der Waals surface area (Å²) in [6.45, 7) is 2.56. The molecule has 104 valence electrons. The van der Waals surface area contributed by atoms with Gasteiger partial charge in [-0.2, -0.15) is 0 Å². The van der Waals surface area contributed by atoms with Crippen LogP contribution in [0.1, 0.15) is 28.8 Å². The van der Waals surface area contributed by atoms with E-state index in [1.807, 2.05) is 7.05 Å². The maximum absolute atomic E-state index is 13.9. The van der Waals surface area contributed by atoms with E-state index in [0.29, 0.717) is 13.1 Å². The van der Waals surface area contributed by atoms with Gasteiger partial charge >= 0.3 is 0 Å². The number of benzene rings is 1. The van der Waals surface area contributed by atoms with Crippen LogP contribution in [-0.2, 0) is 0 Å². The van der Waals surface area contributed by atoms with Crippen LogP contribution in [0.4, 0.5) is 8.78 Å². The quantitative estimate of drug-likeness (QED) is 0.891. The van der Waals surface area contributed by atoms with Gasteiger partial charge in [0.05, 0.1) is 0 Å². The molecule has 2 rings (SSSR count). The van der Waals surface area contributed by atoms with Crippen molar-refractivity contribution in [3.05, 3.63) is 34.9 Å². The van der Waals surface area contributed by atoms with Crippen LogP contribution in [0.15, 0.2) is 12.1 Å². The Kier molecular flexibility index (Phi) is 4.14. The topological polar surface area (TPSA) is 32.3 Å². The molecule has 0 aromatic heterocycles. The Morgan fingerprint density at radius 1 is 1.42 bits per heavy atom. The van der Waals surface area contributed by atoms with Gasteiger partial charge in [0.1, 0.15) is 17.2 Å². The third-order valence-electron chi connectivity index (χ3n) is 3.61. The molecule has 0 saturated carbocycles. The molecule has 1 unspecified atom stereocenters. The Morgan fingerprint density at radius 3 is 2.84 bits per heavy atom. The molecule has 1 amide bonds. The highest BCUT2D eigenvalue weighted by molar-refractivity contribution is 5.95. The molecule has 5 heteroatoms. The zero-order valence-electron chi connectivity index (χ0n) is 11.2. The number of carbonyl (C=O) groups is 1. The Hall–Kier alpha value is -1.49. The molecule has 1 aromatic carbocycles. The fraction of sp³-hybridized carbons (Fsp3) is 0.500. The minimum atomic E-state index is -0.792. The summed E-state index contributed by atoms with van der Waals surface area (Å²) < 4.78 is 27.7. The van der Waals surface area contributed by atoms with Gasteiger partial charge in [-0.1, -0.05) is 6.07 Å². The summed E-state index contributed by atoms with van der Waals surface area (Å²) in [6, 6.07) is 2.67. The molecule has 3 nitrogen and oxygen atoms in total. The van der Waals surface area contributed by atoms with E-state index in [1.165, 1.54) is 17.9 Å². The van der Waals surface area contributed by atoms with Crippen molar-refractivity contribution >= 4 is 5.91 Å². The first-order chi connectivity index (χ1) is 9.04. The van der Waals surface area contributed by atoms with Gasteiger partial charge in [-0.3, -0.25) is 4.79 Å². The molecule has 1 atom stereocenters. The van der Waals surface area contributed by atoms with Gasteiger partial charge in [0.25, 0.3) is 5.91 Å². The van der Waals surface area contributed by atoms with E-state index in [-0.39, 0.29) is 11.6 Å². The Labute approximate surface area is 111 Å². The Bertz CT molecular complexity index is 491. The van der Waals surface area contributed by atoms with Crippen molar-refractivity contribution < 1.29 is 13.6 Å². The van der Waals surface area contributed by atoms with E-state index in [1.54, 1.807) is 0 Å². The van der Waals surface area contributed by atoms with Gasteiger partial charge in [-0.25, -0.2) is 8.78 Å². The van der Waals surface area contributed by atoms with Crippen molar-refractivity contribution in [2.45, 2.75) is 25.8 Å². The van der Waals surface area contributed by atoms with Crippen LogP contribution in [0.2, 0.25) is 0 Å². The minimum absolute atomic E-state index is 0.189. The molecule has 1 N–H and O–H groups in total. The number of piperidine rings is 1. The van der Waals surface area contributed by atoms with Crippen molar-refractivity contribution in [2.24, 2.45) is 0 Å². The molecule has 1 aromatic rings. The molecule has 0 bridgehead atoms. The fourth-order valence-corrected chi connectivity index (χ4v) is 2.41. The molecule has 1 heterocycles. The number of carbonyl (C=O) groups excluding carboxylic acids is 1. The van der Waals surface area contributed by atoms with Gasteiger partial charge in [0.15, 0.2) is 0 Å². The van der Waals surface area contributed by atoms with E-state index >= 15 is 0 Å². The van der Waals surface area contributed by atoms with Crippen molar-refractivity contribution in [2.75, 3.05) is 20.1 Å². The largest absolute Gasteiger partial charge is 0.337 e. The number of halogens is 2. The second-order valence-electron chi connectivity index (χ2n) is 4.93. The molecule has 0 radical (unpaired) electrons. The van der Waals surface area contributed by atoms with Crippen molar-refractivity contribution in [3.8, 4) is 0 Å². The van der Waals surface area contributed by atoms with E-state index in [9.17, 15) is 13.6 Å². The molecule has 1 fully saturated rings. The van der Waals surface area contributed by atoms with Crippen molar-refractivity contribution in [3.63, 3.8) is 0 Å². The van der Waals surface area contributed by atoms with Crippen LogP contribution < -0.4 is 5.32 Å². The number of amides is 1. The molecule has 0 spiro atoms. The van der Waals surface area contributed by atoms with E-state index < -0.39 is 23.1 Å². The third-order valence-corrected chi connectivity index (χ3v) is 3.61. The molecular formula is C14H18F2N2O. The highest BCUT2D eigenvalue weighted by Crippen LogP contribution is 2.20. The number of likely N-dealkylation sites (N-methyl/N-ethyl adjacent to an activating group) is 1. The average Bonchev–Trinajstić information content (AvgIpc) is 2.43. The lowest BCUT2D eigenvalue weighted by Gasteiger charge is -2.32. The highest BCUT2D eigenvalue weighted by atomic mass is 19.1. The van der Waals surface area contributed by atoms with Gasteiger partial charge in [0.2, 0.25) is 0 Å². The van der Waals surface area contributed by atoms with E-state index in [2.05, 4.69) is 5.32 Å². The molecule has 0 aliphatic carbocycles. The summed E-state index contributed by atoms with van der Waals surface area (Å²) in [5, 5.41) is 3.10. The Morgan fingerprint density at radius 2 is 2.16 bits per heavy atom. The predicted molar refractivity (Wildman–Crippen MR) is 69.1 cm³/mol. The standard InChI is InChI=1S/C14H18F2N2O/c1-9-5-6-11(15)12(13(9)16)14(19)18-7-3-4-10(8-18)17-2/h5-6,10,17H,3-4,7-8H2,1-2H3. The molecule has 1 saturated heterocycles. The number of hydrogen-bond acceptors (Lipinski definition) is 2. The van der Waals surface area contributed by atoms with E-state index in [0.717, 1.165) is 18.9 Å². The van der Waals surface area contributed by atoms with Crippen LogP contribution >= 0.6 is 0 Å². The summed E-state index contributed by atoms with van der Waals surface area (Å²) in [5.74, 6) is -2.10. The lowest BCUT2D eigenvalue weighted by Crippen LogP contribution is -2.47. The smallest absolute Gasteiger partial charge is 0.259 e. The average molecular weight is 268 g/mol. The van der Waals surface area contributed by atoms with Crippen molar-refractivity contribution in [1.82, 2.24) is 10.2 Å². The summed E-state index contributed by atoms with van der Waals surface area (Å²) >= 11 is 0. The zero-order chi connectivity index (χ0) is 14.0. The van der Waals surface area contributed by atoms with Gasteiger partial charge in [0, 0.05) is 19.1 Å². The first kappa shape index (κ1) is 13.9. The zero-order valence-corrected chi connectivity index (χ0v) is 11.2. The number of rotatable bonds is 2. The first-order valence-electron chi connectivity index (χ1n) is 6.45.